The number of hydrogen-bond acceptors (Lipinski definition) is 3. The van der Waals surface area contributed by atoms with Crippen LogP contribution in [0.15, 0.2) is 0 Å². The fraction of sp³-hybridized carbons (Fsp3) is 0.933. The molecule has 0 aromatic rings. The van der Waals surface area contributed by atoms with E-state index in [4.69, 9.17) is 0 Å². The summed E-state index contributed by atoms with van der Waals surface area (Å²) in [4.78, 5) is 2.51. The number of rotatable bonds is 4. The number of nitriles is 1. The molecule has 1 saturated carbocycles. The van der Waals surface area contributed by atoms with Crippen molar-refractivity contribution in [3.8, 4) is 6.07 Å². The Labute approximate surface area is 112 Å². The summed E-state index contributed by atoms with van der Waals surface area (Å²) in [5.74, 6) is 1.87. The summed E-state index contributed by atoms with van der Waals surface area (Å²) < 4.78 is 0. The van der Waals surface area contributed by atoms with E-state index in [2.05, 4.69) is 23.2 Å². The molecule has 0 aromatic heterocycles. The van der Waals surface area contributed by atoms with Crippen LogP contribution in [0.4, 0.5) is 0 Å². The van der Waals surface area contributed by atoms with E-state index >= 15 is 0 Å². The van der Waals surface area contributed by atoms with Crippen molar-refractivity contribution in [1.82, 2.24) is 10.2 Å². The smallest absolute Gasteiger partial charge is 0.116 e. The summed E-state index contributed by atoms with van der Waals surface area (Å²) in [6, 6.07) is 2.45. The van der Waals surface area contributed by atoms with Gasteiger partial charge in [-0.25, -0.2) is 0 Å². The molecular weight excluding hydrogens is 222 g/mol. The molecule has 0 radical (unpaired) electrons. The number of likely N-dealkylation sites (N-methyl/N-ethyl adjacent to an activating group) is 1. The molecule has 1 N–H and O–H groups in total. The molecule has 0 amide bonds. The molecule has 18 heavy (non-hydrogen) atoms. The Morgan fingerprint density at radius 1 is 1.28 bits per heavy atom. The Hall–Kier alpha value is -0.590. The summed E-state index contributed by atoms with van der Waals surface area (Å²) >= 11 is 0. The van der Waals surface area contributed by atoms with E-state index in [1.807, 2.05) is 6.92 Å². The molecule has 2 fully saturated rings. The summed E-state index contributed by atoms with van der Waals surface area (Å²) in [5.41, 5.74) is -0.379. The van der Waals surface area contributed by atoms with Crippen LogP contribution in [0, 0.1) is 23.2 Å². The zero-order chi connectivity index (χ0) is 13.0. The van der Waals surface area contributed by atoms with Gasteiger partial charge in [-0.05, 0) is 44.7 Å². The average molecular weight is 249 g/mol. The maximum atomic E-state index is 9.34. The van der Waals surface area contributed by atoms with Crippen molar-refractivity contribution < 1.29 is 0 Å². The minimum absolute atomic E-state index is 0.379. The molecule has 1 aliphatic carbocycles. The highest BCUT2D eigenvalue weighted by Gasteiger charge is 2.34. The molecule has 2 rings (SSSR count). The minimum Gasteiger partial charge on any atom is -0.300 e. The molecular formula is C15H27N3. The predicted octanol–water partition coefficient (Wildman–Crippen LogP) is 2.39. The van der Waals surface area contributed by atoms with E-state index in [1.165, 1.54) is 45.2 Å². The molecule has 2 aliphatic rings. The van der Waals surface area contributed by atoms with Crippen LogP contribution in [0.5, 0.6) is 0 Å². The van der Waals surface area contributed by atoms with Gasteiger partial charge in [0.2, 0.25) is 0 Å². The second kappa shape index (κ2) is 6.04. The van der Waals surface area contributed by atoms with Crippen LogP contribution < -0.4 is 5.32 Å². The van der Waals surface area contributed by atoms with Gasteiger partial charge in [-0.1, -0.05) is 26.2 Å². The highest BCUT2D eigenvalue weighted by atomic mass is 15.2. The van der Waals surface area contributed by atoms with E-state index in [9.17, 15) is 5.26 Å². The number of fused-ring (bicyclic) bond motifs is 1. The highest BCUT2D eigenvalue weighted by Crippen LogP contribution is 2.36. The maximum absolute atomic E-state index is 9.34. The van der Waals surface area contributed by atoms with E-state index in [0.717, 1.165) is 24.9 Å². The van der Waals surface area contributed by atoms with E-state index in [-0.39, 0.29) is 5.54 Å². The maximum Gasteiger partial charge on any atom is 0.116 e. The van der Waals surface area contributed by atoms with E-state index < -0.39 is 0 Å². The van der Waals surface area contributed by atoms with Crippen molar-refractivity contribution in [3.05, 3.63) is 0 Å². The highest BCUT2D eigenvalue weighted by molar-refractivity contribution is 5.06. The van der Waals surface area contributed by atoms with Gasteiger partial charge in [0, 0.05) is 13.1 Å². The molecule has 0 bridgehead atoms. The number of nitrogens with zero attached hydrogens (tertiary/aromatic N) is 2. The predicted molar refractivity (Wildman–Crippen MR) is 74.2 cm³/mol. The van der Waals surface area contributed by atoms with Crippen LogP contribution in [-0.4, -0.2) is 36.6 Å². The summed E-state index contributed by atoms with van der Waals surface area (Å²) in [6.07, 6.45) is 7.05. The zero-order valence-corrected chi connectivity index (χ0v) is 11.9. The molecule has 0 spiro atoms. The van der Waals surface area contributed by atoms with Gasteiger partial charge in [0.25, 0.3) is 0 Å². The van der Waals surface area contributed by atoms with Gasteiger partial charge in [0.05, 0.1) is 6.07 Å². The van der Waals surface area contributed by atoms with Gasteiger partial charge < -0.3 is 4.90 Å². The van der Waals surface area contributed by atoms with Gasteiger partial charge in [-0.3, -0.25) is 5.32 Å². The van der Waals surface area contributed by atoms with Crippen molar-refractivity contribution in [2.75, 3.05) is 26.2 Å². The van der Waals surface area contributed by atoms with Gasteiger partial charge >= 0.3 is 0 Å². The molecule has 3 atom stereocenters. The lowest BCUT2D eigenvalue weighted by atomic mass is 9.75. The van der Waals surface area contributed by atoms with Crippen molar-refractivity contribution in [2.24, 2.45) is 11.8 Å². The topological polar surface area (TPSA) is 39.1 Å². The van der Waals surface area contributed by atoms with Gasteiger partial charge in [0.15, 0.2) is 0 Å². The standard InChI is InChI=1S/C15H27N3/c1-3-17-15(2,11-16)12-18-9-8-13-6-4-5-7-14(13)10-18/h13-14,17H,3-10,12H2,1-2H3. The molecule has 3 nitrogen and oxygen atoms in total. The summed E-state index contributed by atoms with van der Waals surface area (Å²) in [7, 11) is 0. The average Bonchev–Trinajstić information content (AvgIpc) is 2.39. The number of nitrogens with one attached hydrogen (secondary N) is 1. The molecule has 0 aromatic carbocycles. The molecule has 1 heterocycles. The SMILES string of the molecule is CCNC(C)(C#N)CN1CCC2CCCCC2C1. The Kier molecular flexibility index (Phi) is 4.64. The van der Waals surface area contributed by atoms with Crippen LogP contribution in [-0.2, 0) is 0 Å². The van der Waals surface area contributed by atoms with E-state index in [0.29, 0.717) is 0 Å². The lowest BCUT2D eigenvalue weighted by Gasteiger charge is -2.43. The first-order valence-corrected chi connectivity index (χ1v) is 7.55. The molecule has 1 aliphatic heterocycles. The molecule has 102 valence electrons. The Morgan fingerprint density at radius 3 is 2.67 bits per heavy atom. The Balaban J connectivity index is 1.89. The third-order valence-electron chi connectivity index (χ3n) is 4.73. The quantitative estimate of drug-likeness (QED) is 0.831. The van der Waals surface area contributed by atoms with Crippen molar-refractivity contribution in [3.63, 3.8) is 0 Å². The molecule has 1 saturated heterocycles. The second-order valence-electron chi connectivity index (χ2n) is 6.30. The van der Waals surface area contributed by atoms with Crippen LogP contribution >= 0.6 is 0 Å². The van der Waals surface area contributed by atoms with Crippen molar-refractivity contribution >= 4 is 0 Å². The second-order valence-corrected chi connectivity index (χ2v) is 6.30. The van der Waals surface area contributed by atoms with Crippen molar-refractivity contribution in [1.29, 1.82) is 5.26 Å². The van der Waals surface area contributed by atoms with Gasteiger partial charge in [0.1, 0.15) is 5.54 Å². The summed E-state index contributed by atoms with van der Waals surface area (Å²) in [5, 5.41) is 12.7. The number of piperidine rings is 1. The lowest BCUT2D eigenvalue weighted by molar-refractivity contribution is 0.0745. The minimum atomic E-state index is -0.379. The van der Waals surface area contributed by atoms with Crippen LogP contribution in [0.25, 0.3) is 0 Å². The van der Waals surface area contributed by atoms with Crippen LogP contribution in [0.3, 0.4) is 0 Å². The summed E-state index contributed by atoms with van der Waals surface area (Å²) in [6.45, 7) is 8.24. The molecule has 3 heteroatoms. The lowest BCUT2D eigenvalue weighted by Crippen LogP contribution is -2.53. The van der Waals surface area contributed by atoms with E-state index in [1.54, 1.807) is 0 Å². The van der Waals surface area contributed by atoms with Gasteiger partial charge in [-0.15, -0.1) is 0 Å². The first kappa shape index (κ1) is 13.8. The van der Waals surface area contributed by atoms with Crippen LogP contribution in [0.1, 0.15) is 46.0 Å². The third kappa shape index (κ3) is 3.24. The fourth-order valence-electron chi connectivity index (χ4n) is 3.79. The molecule has 3 unspecified atom stereocenters. The first-order chi connectivity index (χ1) is 8.67. The Bertz CT molecular complexity index is 309. The first-order valence-electron chi connectivity index (χ1n) is 7.55. The normalized spacial score (nSPS) is 32.3. The van der Waals surface area contributed by atoms with Gasteiger partial charge in [-0.2, -0.15) is 5.26 Å². The monoisotopic (exact) mass is 249 g/mol. The number of hydrogen-bond donors (Lipinski definition) is 1. The third-order valence-corrected chi connectivity index (χ3v) is 4.73. The van der Waals surface area contributed by atoms with Crippen molar-refractivity contribution in [2.45, 2.75) is 51.5 Å². The largest absolute Gasteiger partial charge is 0.300 e. The fourth-order valence-corrected chi connectivity index (χ4v) is 3.79. The van der Waals surface area contributed by atoms with Crippen LogP contribution in [0.2, 0.25) is 0 Å². The zero-order valence-electron chi connectivity index (χ0n) is 11.9. The Morgan fingerprint density at radius 2 is 2.00 bits per heavy atom. The number of likely N-dealkylation sites (tertiary alicyclic amines) is 1.